The van der Waals surface area contributed by atoms with E-state index in [0.717, 1.165) is 0 Å². The second-order valence-corrected chi connectivity index (χ2v) is 4.10. The lowest BCUT2D eigenvalue weighted by atomic mass is 10.2. The first kappa shape index (κ1) is 18.1. The fourth-order valence-electron chi connectivity index (χ4n) is 1.58. The number of carbonyl (C=O) groups excluding carboxylic acids is 2. The van der Waals surface area contributed by atoms with Crippen LogP contribution in [-0.2, 0) is 9.53 Å². The highest BCUT2D eigenvalue weighted by atomic mass is 16.6. The number of nitrogens with one attached hydrogen (secondary N) is 1. The molecule has 0 spiro atoms. The molecule has 0 saturated heterocycles. The smallest absolute Gasteiger partial charge is 0.427 e. The molecule has 2 amide bonds. The van der Waals surface area contributed by atoms with Crippen LogP contribution in [0.4, 0.5) is 4.79 Å². The number of hydrogen-bond donors (Lipinski definition) is 2. The number of carbonyl (C=O) groups is 2. The first-order valence-corrected chi connectivity index (χ1v) is 6.64. The minimum atomic E-state index is -0.663. The molecule has 23 heavy (non-hydrogen) atoms. The minimum absolute atomic E-state index is 0.240. The molecular formula is C14H19N3O6. The molecule has 1 rings (SSSR count). The van der Waals surface area contributed by atoms with Crippen LogP contribution in [0.15, 0.2) is 17.2 Å². The lowest BCUT2D eigenvalue weighted by molar-refractivity contribution is -0.120. The van der Waals surface area contributed by atoms with E-state index in [0.29, 0.717) is 17.1 Å². The van der Waals surface area contributed by atoms with E-state index in [-0.39, 0.29) is 19.0 Å². The summed E-state index contributed by atoms with van der Waals surface area (Å²) in [5.74, 6) is 0.258. The van der Waals surface area contributed by atoms with Crippen molar-refractivity contribution in [3.8, 4) is 17.2 Å². The summed E-state index contributed by atoms with van der Waals surface area (Å²) in [6.45, 7) is 1.61. The van der Waals surface area contributed by atoms with E-state index in [4.69, 9.17) is 19.9 Å². The summed E-state index contributed by atoms with van der Waals surface area (Å²) >= 11 is 0. The summed E-state index contributed by atoms with van der Waals surface area (Å²) in [5, 5.41) is 3.74. The summed E-state index contributed by atoms with van der Waals surface area (Å²) in [7, 11) is 2.87. The van der Waals surface area contributed by atoms with Crippen molar-refractivity contribution in [2.24, 2.45) is 10.8 Å². The van der Waals surface area contributed by atoms with E-state index >= 15 is 0 Å². The Kier molecular flexibility index (Phi) is 7.18. The molecule has 0 radical (unpaired) electrons. The molecular weight excluding hydrogens is 306 g/mol. The lowest BCUT2D eigenvalue weighted by Crippen LogP contribution is -2.20. The van der Waals surface area contributed by atoms with Gasteiger partial charge in [0.15, 0.2) is 18.1 Å². The van der Waals surface area contributed by atoms with Crippen LogP contribution in [0.25, 0.3) is 0 Å². The Morgan fingerprint density at radius 3 is 2.35 bits per heavy atom. The van der Waals surface area contributed by atoms with Crippen LogP contribution in [0.1, 0.15) is 12.5 Å². The highest BCUT2D eigenvalue weighted by Crippen LogP contribution is 2.38. The van der Waals surface area contributed by atoms with E-state index in [1.807, 2.05) is 0 Å². The van der Waals surface area contributed by atoms with Crippen LogP contribution in [0, 0.1) is 0 Å². The Bertz CT molecular complexity index is 563. The number of nitrogens with zero attached hydrogens (tertiary/aromatic N) is 1. The SMILES string of the molecule is CCOC(=O)N/N=C\c1cc(OC)c(OCC(N)=O)c(OC)c1. The molecule has 0 aliphatic carbocycles. The van der Waals surface area contributed by atoms with Gasteiger partial charge in [0.2, 0.25) is 5.75 Å². The molecule has 0 atom stereocenters. The van der Waals surface area contributed by atoms with Gasteiger partial charge in [0, 0.05) is 5.56 Å². The number of benzene rings is 1. The lowest BCUT2D eigenvalue weighted by Gasteiger charge is -2.14. The fraction of sp³-hybridized carbons (Fsp3) is 0.357. The largest absolute Gasteiger partial charge is 0.493 e. The van der Waals surface area contributed by atoms with E-state index in [9.17, 15) is 9.59 Å². The van der Waals surface area contributed by atoms with Gasteiger partial charge in [-0.1, -0.05) is 0 Å². The average molecular weight is 325 g/mol. The summed E-state index contributed by atoms with van der Waals surface area (Å²) in [5.41, 5.74) is 7.82. The van der Waals surface area contributed by atoms with Gasteiger partial charge in [0.05, 0.1) is 27.0 Å². The van der Waals surface area contributed by atoms with Crippen LogP contribution in [0.3, 0.4) is 0 Å². The quantitative estimate of drug-likeness (QED) is 0.534. The highest BCUT2D eigenvalue weighted by Gasteiger charge is 2.14. The van der Waals surface area contributed by atoms with Gasteiger partial charge in [0.25, 0.3) is 5.91 Å². The first-order chi connectivity index (χ1) is 11.0. The standard InChI is InChI=1S/C14H19N3O6/c1-4-22-14(19)17-16-7-9-5-10(20-2)13(11(6-9)21-3)23-8-12(15)18/h5-7H,4,8H2,1-3H3,(H2,15,18)(H,17,19)/b16-7-. The zero-order chi connectivity index (χ0) is 17.2. The Morgan fingerprint density at radius 2 is 1.87 bits per heavy atom. The molecule has 0 aromatic heterocycles. The van der Waals surface area contributed by atoms with Crippen molar-refractivity contribution in [3.63, 3.8) is 0 Å². The number of primary amides is 1. The zero-order valence-corrected chi connectivity index (χ0v) is 13.1. The van der Waals surface area contributed by atoms with Crippen molar-refractivity contribution < 1.29 is 28.5 Å². The van der Waals surface area contributed by atoms with Crippen molar-refractivity contribution in [3.05, 3.63) is 17.7 Å². The van der Waals surface area contributed by atoms with E-state index < -0.39 is 12.0 Å². The van der Waals surface area contributed by atoms with Crippen LogP contribution >= 0.6 is 0 Å². The first-order valence-electron chi connectivity index (χ1n) is 6.64. The van der Waals surface area contributed by atoms with Crippen LogP contribution < -0.4 is 25.4 Å². The topological polar surface area (TPSA) is 121 Å². The summed E-state index contributed by atoms with van der Waals surface area (Å²) < 4.78 is 20.3. The van der Waals surface area contributed by atoms with Gasteiger partial charge in [-0.05, 0) is 19.1 Å². The predicted molar refractivity (Wildman–Crippen MR) is 82.0 cm³/mol. The molecule has 9 heteroatoms. The number of amides is 2. The maximum Gasteiger partial charge on any atom is 0.427 e. The Labute approximate surface area is 133 Å². The maximum absolute atomic E-state index is 11.1. The van der Waals surface area contributed by atoms with E-state index in [2.05, 4.69) is 15.3 Å². The van der Waals surface area contributed by atoms with Gasteiger partial charge in [-0.2, -0.15) is 5.10 Å². The zero-order valence-electron chi connectivity index (χ0n) is 13.1. The molecule has 9 nitrogen and oxygen atoms in total. The van der Waals surface area contributed by atoms with Crippen LogP contribution in [0.2, 0.25) is 0 Å². The Balaban J connectivity index is 2.96. The summed E-state index contributed by atoms with van der Waals surface area (Å²) in [6, 6.07) is 3.18. The molecule has 0 fully saturated rings. The van der Waals surface area contributed by atoms with Crippen molar-refractivity contribution in [2.45, 2.75) is 6.92 Å². The van der Waals surface area contributed by atoms with Crippen molar-refractivity contribution >= 4 is 18.2 Å². The molecule has 0 unspecified atom stereocenters. The molecule has 0 aliphatic heterocycles. The van der Waals surface area contributed by atoms with E-state index in [1.54, 1.807) is 19.1 Å². The molecule has 3 N–H and O–H groups in total. The van der Waals surface area contributed by atoms with Gasteiger partial charge >= 0.3 is 6.09 Å². The normalized spacial score (nSPS) is 10.2. The van der Waals surface area contributed by atoms with Crippen molar-refractivity contribution in [2.75, 3.05) is 27.4 Å². The number of rotatable bonds is 8. The van der Waals surface area contributed by atoms with Gasteiger partial charge in [-0.25, -0.2) is 10.2 Å². The van der Waals surface area contributed by atoms with Crippen LogP contribution in [-0.4, -0.2) is 45.6 Å². The van der Waals surface area contributed by atoms with Gasteiger partial charge in [0.1, 0.15) is 0 Å². The Hall–Kier alpha value is -2.97. The number of methoxy groups -OCH3 is 2. The molecule has 1 aromatic rings. The number of ether oxygens (including phenoxy) is 4. The second kappa shape index (κ2) is 9.13. The number of hydrazone groups is 1. The van der Waals surface area contributed by atoms with Crippen molar-refractivity contribution in [1.82, 2.24) is 5.43 Å². The molecule has 0 saturated carbocycles. The fourth-order valence-corrected chi connectivity index (χ4v) is 1.58. The maximum atomic E-state index is 11.1. The molecule has 1 aromatic carbocycles. The third-order valence-corrected chi connectivity index (χ3v) is 2.49. The highest BCUT2D eigenvalue weighted by molar-refractivity contribution is 5.83. The predicted octanol–water partition coefficient (Wildman–Crippen LogP) is 0.648. The summed E-state index contributed by atoms with van der Waals surface area (Å²) in [4.78, 5) is 22.0. The minimum Gasteiger partial charge on any atom is -0.493 e. The van der Waals surface area contributed by atoms with Gasteiger partial charge < -0.3 is 24.7 Å². The molecule has 126 valence electrons. The van der Waals surface area contributed by atoms with Crippen LogP contribution in [0.5, 0.6) is 17.2 Å². The summed E-state index contributed by atoms with van der Waals surface area (Å²) in [6.07, 6.45) is 0.712. The second-order valence-electron chi connectivity index (χ2n) is 4.10. The molecule has 0 bridgehead atoms. The molecule has 0 aliphatic rings. The van der Waals surface area contributed by atoms with E-state index in [1.165, 1.54) is 20.4 Å². The monoisotopic (exact) mass is 325 g/mol. The molecule has 0 heterocycles. The Morgan fingerprint density at radius 1 is 1.26 bits per heavy atom. The third kappa shape index (κ3) is 5.73. The van der Waals surface area contributed by atoms with Crippen molar-refractivity contribution in [1.29, 1.82) is 0 Å². The number of nitrogens with two attached hydrogens (primary N) is 1. The third-order valence-electron chi connectivity index (χ3n) is 2.49. The van der Waals surface area contributed by atoms with Gasteiger partial charge in [-0.15, -0.1) is 0 Å². The average Bonchev–Trinajstić information content (AvgIpc) is 2.52. The van der Waals surface area contributed by atoms with Gasteiger partial charge in [-0.3, -0.25) is 4.79 Å². The number of hydrogen-bond acceptors (Lipinski definition) is 7.